The maximum atomic E-state index is 13.7. The van der Waals surface area contributed by atoms with E-state index in [0.29, 0.717) is 11.6 Å². The molecule has 0 spiro atoms. The molecular formula is C22H23FN2O. The van der Waals surface area contributed by atoms with Crippen LogP contribution in [0.3, 0.4) is 0 Å². The summed E-state index contributed by atoms with van der Waals surface area (Å²) in [5.74, 6) is 0.525. The van der Waals surface area contributed by atoms with Crippen molar-refractivity contribution >= 4 is 10.9 Å². The first-order valence-corrected chi connectivity index (χ1v) is 9.20. The van der Waals surface area contributed by atoms with Crippen molar-refractivity contribution in [2.24, 2.45) is 0 Å². The lowest BCUT2D eigenvalue weighted by Gasteiger charge is -2.16. The first-order chi connectivity index (χ1) is 12.7. The van der Waals surface area contributed by atoms with Crippen molar-refractivity contribution < 1.29 is 9.13 Å². The van der Waals surface area contributed by atoms with Crippen LogP contribution < -0.4 is 10.1 Å². The summed E-state index contributed by atoms with van der Waals surface area (Å²) in [6.45, 7) is 0.761. The van der Waals surface area contributed by atoms with Gasteiger partial charge in [0.05, 0.1) is 18.3 Å². The van der Waals surface area contributed by atoms with Gasteiger partial charge in [-0.3, -0.25) is 0 Å². The van der Waals surface area contributed by atoms with Gasteiger partial charge in [-0.15, -0.1) is 0 Å². The van der Waals surface area contributed by atoms with Crippen LogP contribution in [0, 0.1) is 5.82 Å². The van der Waals surface area contributed by atoms with E-state index in [0.717, 1.165) is 34.5 Å². The van der Waals surface area contributed by atoms with Crippen LogP contribution in [0.1, 0.15) is 31.2 Å². The third-order valence-electron chi connectivity index (χ3n) is 5.14. The molecular weight excluding hydrogens is 327 g/mol. The normalized spacial score (nSPS) is 14.8. The van der Waals surface area contributed by atoms with Crippen molar-refractivity contribution in [1.82, 2.24) is 10.3 Å². The Balaban J connectivity index is 1.76. The Bertz CT molecular complexity index is 919. The van der Waals surface area contributed by atoms with Crippen LogP contribution in [0.15, 0.2) is 48.5 Å². The quantitative estimate of drug-likeness (QED) is 0.697. The summed E-state index contributed by atoms with van der Waals surface area (Å²) >= 11 is 0. The summed E-state index contributed by atoms with van der Waals surface area (Å²) in [6, 6.07) is 15.4. The van der Waals surface area contributed by atoms with E-state index in [1.807, 2.05) is 24.3 Å². The largest absolute Gasteiger partial charge is 0.497 e. The second-order valence-corrected chi connectivity index (χ2v) is 6.93. The molecule has 1 saturated carbocycles. The van der Waals surface area contributed by atoms with Gasteiger partial charge in [-0.25, -0.2) is 9.37 Å². The summed E-state index contributed by atoms with van der Waals surface area (Å²) < 4.78 is 19.0. The Labute approximate surface area is 153 Å². The molecule has 4 rings (SSSR count). The highest BCUT2D eigenvalue weighted by molar-refractivity contribution is 5.83. The lowest BCUT2D eigenvalue weighted by atomic mass is 10.0. The zero-order chi connectivity index (χ0) is 17.9. The average molecular weight is 350 g/mol. The lowest BCUT2D eigenvalue weighted by molar-refractivity contribution is 0.415. The predicted molar refractivity (Wildman–Crippen MR) is 103 cm³/mol. The molecule has 3 nitrogen and oxygen atoms in total. The van der Waals surface area contributed by atoms with E-state index in [9.17, 15) is 4.39 Å². The smallest absolute Gasteiger partial charge is 0.125 e. The van der Waals surface area contributed by atoms with Gasteiger partial charge in [-0.05, 0) is 48.7 Å². The summed E-state index contributed by atoms with van der Waals surface area (Å²) in [4.78, 5) is 4.79. The van der Waals surface area contributed by atoms with Crippen molar-refractivity contribution in [1.29, 1.82) is 0 Å². The molecule has 2 aromatic carbocycles. The van der Waals surface area contributed by atoms with Gasteiger partial charge in [-0.2, -0.15) is 0 Å². The number of halogens is 1. The van der Waals surface area contributed by atoms with Crippen LogP contribution in [0.25, 0.3) is 22.2 Å². The molecule has 0 atom stereocenters. The zero-order valence-electron chi connectivity index (χ0n) is 15.0. The van der Waals surface area contributed by atoms with Crippen molar-refractivity contribution in [3.05, 3.63) is 59.9 Å². The minimum atomic E-state index is -0.265. The Hall–Kier alpha value is -2.46. The van der Waals surface area contributed by atoms with Crippen LogP contribution in [0.2, 0.25) is 0 Å². The van der Waals surface area contributed by atoms with Gasteiger partial charge in [0, 0.05) is 29.6 Å². The van der Waals surface area contributed by atoms with E-state index in [1.165, 1.54) is 37.8 Å². The number of nitrogens with zero attached hydrogens (tertiary/aromatic N) is 1. The predicted octanol–water partition coefficient (Wildman–Crippen LogP) is 5.08. The molecule has 0 saturated heterocycles. The number of methoxy groups -OCH3 is 1. The van der Waals surface area contributed by atoms with Gasteiger partial charge in [0.25, 0.3) is 0 Å². The Morgan fingerprint density at radius 3 is 2.77 bits per heavy atom. The molecule has 0 amide bonds. The molecule has 0 unspecified atom stereocenters. The fourth-order valence-electron chi connectivity index (χ4n) is 3.72. The number of rotatable bonds is 5. The van der Waals surface area contributed by atoms with E-state index < -0.39 is 0 Å². The molecule has 1 N–H and O–H groups in total. The Morgan fingerprint density at radius 2 is 1.96 bits per heavy atom. The van der Waals surface area contributed by atoms with Crippen LogP contribution in [0.4, 0.5) is 4.39 Å². The van der Waals surface area contributed by atoms with Crippen LogP contribution in [-0.4, -0.2) is 18.1 Å². The standard InChI is InChI=1S/C22H23FN2O/c1-26-20-8-4-5-16(12-20)22-17(14-24-19-6-2-3-7-19)11-15-9-10-18(23)13-21(15)25-22/h4-5,8-13,19,24H,2-3,6-7,14H2,1H3. The zero-order valence-corrected chi connectivity index (χ0v) is 15.0. The van der Waals surface area contributed by atoms with Gasteiger partial charge in [0.1, 0.15) is 11.6 Å². The molecule has 4 heteroatoms. The van der Waals surface area contributed by atoms with Gasteiger partial charge in [0.15, 0.2) is 0 Å². The van der Waals surface area contributed by atoms with Gasteiger partial charge in [0.2, 0.25) is 0 Å². The number of hydrogen-bond donors (Lipinski definition) is 1. The fourth-order valence-corrected chi connectivity index (χ4v) is 3.72. The van der Waals surface area contributed by atoms with Gasteiger partial charge in [-0.1, -0.05) is 25.0 Å². The van der Waals surface area contributed by atoms with E-state index in [-0.39, 0.29) is 5.82 Å². The summed E-state index contributed by atoms with van der Waals surface area (Å²) in [5, 5.41) is 4.63. The molecule has 1 heterocycles. The van der Waals surface area contributed by atoms with Gasteiger partial charge < -0.3 is 10.1 Å². The number of aromatic nitrogens is 1. The molecule has 134 valence electrons. The van der Waals surface area contributed by atoms with E-state index in [1.54, 1.807) is 13.2 Å². The molecule has 1 fully saturated rings. The topological polar surface area (TPSA) is 34.1 Å². The average Bonchev–Trinajstić information content (AvgIpc) is 3.19. The number of ether oxygens (including phenoxy) is 1. The fraction of sp³-hybridized carbons (Fsp3) is 0.318. The summed E-state index contributed by atoms with van der Waals surface area (Å²) in [5.41, 5.74) is 3.67. The molecule has 0 aliphatic heterocycles. The highest BCUT2D eigenvalue weighted by Gasteiger charge is 2.16. The lowest BCUT2D eigenvalue weighted by Crippen LogP contribution is -2.25. The second-order valence-electron chi connectivity index (χ2n) is 6.93. The summed E-state index contributed by atoms with van der Waals surface area (Å²) in [6.07, 6.45) is 5.08. The molecule has 1 aliphatic carbocycles. The minimum Gasteiger partial charge on any atom is -0.497 e. The Kier molecular flexibility index (Phi) is 4.85. The van der Waals surface area contributed by atoms with E-state index in [2.05, 4.69) is 11.4 Å². The molecule has 1 aromatic heterocycles. The first-order valence-electron chi connectivity index (χ1n) is 9.20. The van der Waals surface area contributed by atoms with Crippen LogP contribution in [-0.2, 0) is 6.54 Å². The van der Waals surface area contributed by atoms with Crippen LogP contribution >= 0.6 is 0 Å². The number of nitrogens with one attached hydrogen (secondary N) is 1. The number of pyridine rings is 1. The third kappa shape index (κ3) is 3.56. The molecule has 1 aliphatic rings. The molecule has 0 radical (unpaired) electrons. The monoisotopic (exact) mass is 350 g/mol. The molecule has 26 heavy (non-hydrogen) atoms. The van der Waals surface area contributed by atoms with E-state index in [4.69, 9.17) is 9.72 Å². The number of fused-ring (bicyclic) bond motifs is 1. The SMILES string of the molecule is COc1cccc(-c2nc3cc(F)ccc3cc2CNC2CCCC2)c1. The van der Waals surface area contributed by atoms with Gasteiger partial charge >= 0.3 is 0 Å². The minimum absolute atomic E-state index is 0.265. The highest BCUT2D eigenvalue weighted by Crippen LogP contribution is 2.29. The number of hydrogen-bond acceptors (Lipinski definition) is 3. The first kappa shape index (κ1) is 17.0. The van der Waals surface area contributed by atoms with Crippen molar-refractivity contribution in [3.8, 4) is 17.0 Å². The maximum absolute atomic E-state index is 13.7. The Morgan fingerprint density at radius 1 is 1.12 bits per heavy atom. The molecule has 0 bridgehead atoms. The van der Waals surface area contributed by atoms with Crippen molar-refractivity contribution in [2.45, 2.75) is 38.3 Å². The third-order valence-corrected chi connectivity index (χ3v) is 5.14. The second kappa shape index (κ2) is 7.42. The van der Waals surface area contributed by atoms with Crippen LogP contribution in [0.5, 0.6) is 5.75 Å². The summed E-state index contributed by atoms with van der Waals surface area (Å²) in [7, 11) is 1.66. The van der Waals surface area contributed by atoms with Crippen molar-refractivity contribution in [3.63, 3.8) is 0 Å². The van der Waals surface area contributed by atoms with E-state index >= 15 is 0 Å². The highest BCUT2D eigenvalue weighted by atomic mass is 19.1. The van der Waals surface area contributed by atoms with Crippen molar-refractivity contribution in [2.75, 3.05) is 7.11 Å². The number of benzene rings is 2. The molecule has 3 aromatic rings. The maximum Gasteiger partial charge on any atom is 0.125 e.